The third-order valence-corrected chi connectivity index (χ3v) is 4.52. The Bertz CT molecular complexity index is 693. The summed E-state index contributed by atoms with van der Waals surface area (Å²) in [6, 6.07) is 9.92. The Morgan fingerprint density at radius 3 is 2.48 bits per heavy atom. The van der Waals surface area contributed by atoms with E-state index in [1.54, 1.807) is 6.07 Å². The zero-order valence-corrected chi connectivity index (χ0v) is 11.7. The van der Waals surface area contributed by atoms with Crippen molar-refractivity contribution in [2.45, 2.75) is 31.7 Å². The fourth-order valence-electron chi connectivity index (χ4n) is 3.12. The number of anilines is 1. The van der Waals surface area contributed by atoms with Crippen LogP contribution in [-0.2, 0) is 0 Å². The van der Waals surface area contributed by atoms with Crippen LogP contribution < -0.4 is 5.32 Å². The maximum Gasteiger partial charge on any atom is 0.354 e. The van der Waals surface area contributed by atoms with E-state index >= 15 is 0 Å². The van der Waals surface area contributed by atoms with E-state index in [-0.39, 0.29) is 5.69 Å². The number of carboxylic acid groups (broad SMARTS) is 1. The van der Waals surface area contributed by atoms with Crippen molar-refractivity contribution in [3.05, 3.63) is 36.0 Å². The van der Waals surface area contributed by atoms with Crippen LogP contribution in [0.5, 0.6) is 0 Å². The molecule has 4 nitrogen and oxygen atoms in total. The topological polar surface area (TPSA) is 62.2 Å². The van der Waals surface area contributed by atoms with Crippen LogP contribution in [0.3, 0.4) is 0 Å². The number of para-hydroxylation sites is 1. The van der Waals surface area contributed by atoms with E-state index in [9.17, 15) is 9.90 Å². The molecule has 2 fully saturated rings. The molecular formula is C17H18N2O2. The van der Waals surface area contributed by atoms with Gasteiger partial charge in [-0.15, -0.1) is 0 Å². The Hall–Kier alpha value is -2.10. The maximum atomic E-state index is 11.3. The molecule has 1 heterocycles. The highest BCUT2D eigenvalue weighted by Crippen LogP contribution is 2.46. The van der Waals surface area contributed by atoms with Crippen molar-refractivity contribution in [2.24, 2.45) is 11.8 Å². The molecular weight excluding hydrogens is 264 g/mol. The van der Waals surface area contributed by atoms with Crippen LogP contribution in [0.15, 0.2) is 30.3 Å². The first-order chi connectivity index (χ1) is 10.2. The minimum Gasteiger partial charge on any atom is -0.477 e. The number of fused-ring (bicyclic) bond motifs is 1. The average Bonchev–Trinajstić information content (AvgIpc) is 3.38. The molecule has 0 atom stereocenters. The summed E-state index contributed by atoms with van der Waals surface area (Å²) in [6.45, 7) is 0. The molecule has 0 saturated heterocycles. The lowest BCUT2D eigenvalue weighted by Gasteiger charge is -2.20. The van der Waals surface area contributed by atoms with Gasteiger partial charge in [-0.2, -0.15) is 0 Å². The van der Waals surface area contributed by atoms with Crippen molar-refractivity contribution < 1.29 is 9.90 Å². The molecule has 108 valence electrons. The molecule has 2 aromatic rings. The number of rotatable bonds is 5. The number of aromatic carboxylic acids is 1. The van der Waals surface area contributed by atoms with Gasteiger partial charge in [-0.25, -0.2) is 9.78 Å². The molecule has 1 aromatic heterocycles. The van der Waals surface area contributed by atoms with Crippen molar-refractivity contribution in [3.8, 4) is 0 Å². The van der Waals surface area contributed by atoms with Crippen LogP contribution in [0.1, 0.15) is 36.2 Å². The van der Waals surface area contributed by atoms with Crippen molar-refractivity contribution in [1.82, 2.24) is 4.98 Å². The number of pyridine rings is 1. The molecule has 0 amide bonds. The molecule has 2 saturated carbocycles. The van der Waals surface area contributed by atoms with Gasteiger partial charge in [0.05, 0.1) is 5.52 Å². The summed E-state index contributed by atoms with van der Waals surface area (Å²) >= 11 is 0. The standard InChI is InChI=1S/C17H18N2O2/c20-17(21)15-9-14(12-3-1-2-4-13(12)18-15)19-16(10-5-6-10)11-7-8-11/h1-4,9-11,16H,5-8H2,(H,18,19)(H,20,21). The number of hydrogen-bond acceptors (Lipinski definition) is 3. The van der Waals surface area contributed by atoms with Gasteiger partial charge < -0.3 is 10.4 Å². The minimum absolute atomic E-state index is 0.113. The normalized spacial score (nSPS) is 18.1. The summed E-state index contributed by atoms with van der Waals surface area (Å²) < 4.78 is 0. The Kier molecular flexibility index (Phi) is 2.84. The van der Waals surface area contributed by atoms with Gasteiger partial charge in [0.25, 0.3) is 0 Å². The summed E-state index contributed by atoms with van der Waals surface area (Å²) in [5, 5.41) is 13.9. The minimum atomic E-state index is -0.974. The van der Waals surface area contributed by atoms with Crippen molar-refractivity contribution >= 4 is 22.6 Å². The highest BCUT2D eigenvalue weighted by Gasteiger charge is 2.41. The van der Waals surface area contributed by atoms with Gasteiger partial charge in [0.2, 0.25) is 0 Å². The lowest BCUT2D eigenvalue weighted by atomic mass is 10.1. The molecule has 4 rings (SSSR count). The van der Waals surface area contributed by atoms with E-state index in [0.29, 0.717) is 6.04 Å². The van der Waals surface area contributed by atoms with Gasteiger partial charge in [-0.05, 0) is 49.7 Å². The van der Waals surface area contributed by atoms with Crippen molar-refractivity contribution in [3.63, 3.8) is 0 Å². The monoisotopic (exact) mass is 282 g/mol. The molecule has 2 aliphatic carbocycles. The van der Waals surface area contributed by atoms with Gasteiger partial charge >= 0.3 is 5.97 Å². The van der Waals surface area contributed by atoms with E-state index in [1.165, 1.54) is 25.7 Å². The van der Waals surface area contributed by atoms with E-state index in [0.717, 1.165) is 28.4 Å². The highest BCUT2D eigenvalue weighted by atomic mass is 16.4. The molecule has 0 bridgehead atoms. The molecule has 4 heteroatoms. The fourth-order valence-corrected chi connectivity index (χ4v) is 3.12. The van der Waals surface area contributed by atoms with Crippen LogP contribution in [0, 0.1) is 11.8 Å². The van der Waals surface area contributed by atoms with Gasteiger partial charge in [-0.1, -0.05) is 18.2 Å². The third-order valence-electron chi connectivity index (χ3n) is 4.52. The number of aromatic nitrogens is 1. The third kappa shape index (κ3) is 2.46. The quantitative estimate of drug-likeness (QED) is 0.880. The number of carbonyl (C=O) groups is 1. The Morgan fingerprint density at radius 1 is 1.19 bits per heavy atom. The molecule has 0 aliphatic heterocycles. The summed E-state index contributed by atoms with van der Waals surface area (Å²) in [4.78, 5) is 15.5. The van der Waals surface area contributed by atoms with Crippen LogP contribution in [0.4, 0.5) is 5.69 Å². The van der Waals surface area contributed by atoms with Crippen LogP contribution >= 0.6 is 0 Å². The number of hydrogen-bond donors (Lipinski definition) is 2. The molecule has 2 N–H and O–H groups in total. The Balaban J connectivity index is 1.76. The van der Waals surface area contributed by atoms with E-state index in [1.807, 2.05) is 24.3 Å². The molecule has 0 unspecified atom stereocenters. The van der Waals surface area contributed by atoms with Crippen LogP contribution in [-0.4, -0.2) is 22.1 Å². The number of benzene rings is 1. The summed E-state index contributed by atoms with van der Waals surface area (Å²) in [6.07, 6.45) is 5.18. The lowest BCUT2D eigenvalue weighted by molar-refractivity contribution is 0.0691. The molecule has 21 heavy (non-hydrogen) atoms. The predicted octanol–water partition coefficient (Wildman–Crippen LogP) is 3.53. The smallest absolute Gasteiger partial charge is 0.354 e. The first-order valence-electron chi connectivity index (χ1n) is 7.62. The zero-order chi connectivity index (χ0) is 14.4. The first-order valence-corrected chi connectivity index (χ1v) is 7.62. The largest absolute Gasteiger partial charge is 0.477 e. The SMILES string of the molecule is O=C(O)c1cc(NC(C2CC2)C2CC2)c2ccccc2n1. The molecule has 0 spiro atoms. The van der Waals surface area contributed by atoms with Crippen molar-refractivity contribution in [1.29, 1.82) is 0 Å². The second kappa shape index (κ2) is 4.72. The second-order valence-corrected chi connectivity index (χ2v) is 6.22. The second-order valence-electron chi connectivity index (χ2n) is 6.22. The van der Waals surface area contributed by atoms with Gasteiger partial charge in [0, 0.05) is 17.1 Å². The predicted molar refractivity (Wildman–Crippen MR) is 81.6 cm³/mol. The van der Waals surface area contributed by atoms with E-state index in [4.69, 9.17) is 0 Å². The Morgan fingerprint density at radius 2 is 1.86 bits per heavy atom. The van der Waals surface area contributed by atoms with Gasteiger partial charge in [0.1, 0.15) is 0 Å². The first kappa shape index (κ1) is 12.6. The maximum absolute atomic E-state index is 11.3. The summed E-state index contributed by atoms with van der Waals surface area (Å²) in [5.41, 5.74) is 1.77. The van der Waals surface area contributed by atoms with Crippen molar-refractivity contribution in [2.75, 3.05) is 5.32 Å². The molecule has 2 aliphatic rings. The lowest BCUT2D eigenvalue weighted by Crippen LogP contribution is -2.24. The summed E-state index contributed by atoms with van der Waals surface area (Å²) in [5.74, 6) is 0.550. The highest BCUT2D eigenvalue weighted by molar-refractivity contribution is 5.97. The van der Waals surface area contributed by atoms with Gasteiger partial charge in [-0.3, -0.25) is 0 Å². The average molecular weight is 282 g/mol. The molecule has 0 radical (unpaired) electrons. The van der Waals surface area contributed by atoms with Crippen LogP contribution in [0.2, 0.25) is 0 Å². The number of nitrogens with one attached hydrogen (secondary N) is 1. The van der Waals surface area contributed by atoms with Gasteiger partial charge in [0.15, 0.2) is 5.69 Å². The van der Waals surface area contributed by atoms with Crippen LogP contribution in [0.25, 0.3) is 10.9 Å². The Labute approximate surface area is 123 Å². The van der Waals surface area contributed by atoms with E-state index < -0.39 is 5.97 Å². The summed E-state index contributed by atoms with van der Waals surface area (Å²) in [7, 11) is 0. The number of carboxylic acids is 1. The number of nitrogens with zero attached hydrogens (tertiary/aromatic N) is 1. The molecule has 1 aromatic carbocycles. The fraction of sp³-hybridized carbons (Fsp3) is 0.412. The van der Waals surface area contributed by atoms with E-state index in [2.05, 4.69) is 10.3 Å². The zero-order valence-electron chi connectivity index (χ0n) is 11.7.